The zero-order valence-corrected chi connectivity index (χ0v) is 15.8. The summed E-state index contributed by atoms with van der Waals surface area (Å²) in [6.45, 7) is 4.17. The number of H-pyrrole nitrogens is 1. The molecule has 140 valence electrons. The summed E-state index contributed by atoms with van der Waals surface area (Å²) < 4.78 is 7.15. The summed E-state index contributed by atoms with van der Waals surface area (Å²) in [7, 11) is 3.59. The van der Waals surface area contributed by atoms with Gasteiger partial charge in [0.1, 0.15) is 5.82 Å². The number of imidazole rings is 1. The van der Waals surface area contributed by atoms with Crippen LogP contribution in [0.25, 0.3) is 11.4 Å². The van der Waals surface area contributed by atoms with Gasteiger partial charge in [-0.2, -0.15) is 0 Å². The molecule has 1 aliphatic heterocycles. The fourth-order valence-corrected chi connectivity index (χ4v) is 3.45. The van der Waals surface area contributed by atoms with Crippen LogP contribution in [0.15, 0.2) is 30.6 Å². The topological polar surface area (TPSA) is 76.0 Å². The summed E-state index contributed by atoms with van der Waals surface area (Å²) in [5.74, 6) is 1.53. The average molecular weight is 365 g/mol. The second kappa shape index (κ2) is 7.00. The highest BCUT2D eigenvalue weighted by atomic mass is 16.5. The maximum absolute atomic E-state index is 11.6. The Balaban J connectivity index is 1.50. The van der Waals surface area contributed by atoms with Crippen molar-refractivity contribution in [3.05, 3.63) is 53.2 Å². The molecule has 0 aliphatic carbocycles. The van der Waals surface area contributed by atoms with Gasteiger partial charge in [-0.3, -0.25) is 9.69 Å². The largest absolute Gasteiger partial charge is 0.481 e. The molecule has 0 spiro atoms. The lowest BCUT2D eigenvalue weighted by Crippen LogP contribution is -2.30. The van der Waals surface area contributed by atoms with Crippen LogP contribution < -0.4 is 4.74 Å². The molecule has 0 saturated heterocycles. The monoisotopic (exact) mass is 365 g/mol. The first-order valence-corrected chi connectivity index (χ1v) is 9.00. The van der Waals surface area contributed by atoms with Crippen LogP contribution in [-0.4, -0.2) is 43.9 Å². The summed E-state index contributed by atoms with van der Waals surface area (Å²) in [6.07, 6.45) is 4.57. The molecule has 0 unspecified atom stereocenters. The van der Waals surface area contributed by atoms with Gasteiger partial charge in [0, 0.05) is 68.4 Å². The Morgan fingerprint density at radius 1 is 1.37 bits per heavy atom. The molecular weight excluding hydrogens is 342 g/mol. The Labute approximate surface area is 158 Å². The molecule has 1 aliphatic rings. The quantitative estimate of drug-likeness (QED) is 0.704. The van der Waals surface area contributed by atoms with E-state index in [1.54, 1.807) is 20.2 Å². The van der Waals surface area contributed by atoms with Crippen molar-refractivity contribution in [3.63, 3.8) is 0 Å². The van der Waals surface area contributed by atoms with Crippen LogP contribution in [0.1, 0.15) is 34.4 Å². The predicted molar refractivity (Wildman–Crippen MR) is 102 cm³/mol. The zero-order chi connectivity index (χ0) is 19.0. The van der Waals surface area contributed by atoms with E-state index in [0.29, 0.717) is 5.88 Å². The number of hydrogen-bond acceptors (Lipinski definition) is 5. The number of methoxy groups -OCH3 is 1. The minimum atomic E-state index is 0.101. The van der Waals surface area contributed by atoms with Crippen LogP contribution in [0.2, 0.25) is 0 Å². The summed E-state index contributed by atoms with van der Waals surface area (Å²) in [4.78, 5) is 26.4. The Bertz CT molecular complexity index is 971. The normalized spacial score (nSPS) is 14.2. The Kier molecular flexibility index (Phi) is 4.53. The lowest BCUT2D eigenvalue weighted by Gasteiger charge is -2.26. The van der Waals surface area contributed by atoms with Crippen molar-refractivity contribution in [1.29, 1.82) is 0 Å². The third-order valence-corrected chi connectivity index (χ3v) is 5.03. The number of nitrogens with zero attached hydrogens (tertiary/aromatic N) is 4. The number of nitrogens with one attached hydrogen (secondary N) is 1. The second-order valence-corrected chi connectivity index (χ2v) is 6.95. The maximum Gasteiger partial charge on any atom is 0.212 e. The zero-order valence-electron chi connectivity index (χ0n) is 15.8. The molecule has 4 rings (SSSR count). The van der Waals surface area contributed by atoms with Gasteiger partial charge in [0.15, 0.2) is 5.78 Å². The Morgan fingerprint density at radius 3 is 2.89 bits per heavy atom. The molecule has 0 fully saturated rings. The van der Waals surface area contributed by atoms with Gasteiger partial charge in [-0.25, -0.2) is 9.97 Å². The van der Waals surface area contributed by atoms with E-state index in [-0.39, 0.29) is 5.78 Å². The lowest BCUT2D eigenvalue weighted by atomic mass is 10.1. The average Bonchev–Trinajstić information content (AvgIpc) is 3.25. The second-order valence-electron chi connectivity index (χ2n) is 6.95. The Hall–Kier alpha value is -2.93. The summed E-state index contributed by atoms with van der Waals surface area (Å²) in [5.41, 5.74) is 5.12. The van der Waals surface area contributed by atoms with E-state index in [4.69, 9.17) is 9.72 Å². The molecule has 7 nitrogen and oxygen atoms in total. The van der Waals surface area contributed by atoms with Crippen LogP contribution in [0, 0.1) is 0 Å². The van der Waals surface area contributed by atoms with Gasteiger partial charge in [-0.15, -0.1) is 0 Å². The number of ether oxygens (including phenoxy) is 1. The molecule has 7 heteroatoms. The van der Waals surface area contributed by atoms with Crippen molar-refractivity contribution in [2.24, 2.45) is 7.05 Å². The van der Waals surface area contributed by atoms with Gasteiger partial charge in [-0.05, 0) is 19.1 Å². The number of fused-ring (bicyclic) bond motifs is 1. The van der Waals surface area contributed by atoms with Gasteiger partial charge in [-0.1, -0.05) is 0 Å². The first-order valence-electron chi connectivity index (χ1n) is 9.00. The van der Waals surface area contributed by atoms with Crippen LogP contribution in [-0.2, 0) is 26.6 Å². The minimum Gasteiger partial charge on any atom is -0.481 e. The fourth-order valence-electron chi connectivity index (χ4n) is 3.45. The van der Waals surface area contributed by atoms with E-state index >= 15 is 0 Å². The molecule has 0 radical (unpaired) electrons. The van der Waals surface area contributed by atoms with Crippen LogP contribution in [0.5, 0.6) is 5.88 Å². The number of Topliss-reactive ketones (excluding diaryl/α,β-unsaturated/α-hetero) is 1. The van der Waals surface area contributed by atoms with Crippen molar-refractivity contribution in [3.8, 4) is 17.3 Å². The third-order valence-electron chi connectivity index (χ3n) is 5.03. The number of carbonyl (C=O) groups is 1. The van der Waals surface area contributed by atoms with E-state index in [2.05, 4.69) is 14.9 Å². The third kappa shape index (κ3) is 3.50. The van der Waals surface area contributed by atoms with Crippen LogP contribution >= 0.6 is 0 Å². The molecule has 27 heavy (non-hydrogen) atoms. The van der Waals surface area contributed by atoms with Gasteiger partial charge >= 0.3 is 0 Å². The molecule has 0 aromatic carbocycles. The maximum atomic E-state index is 11.6. The number of ketones is 1. The van der Waals surface area contributed by atoms with E-state index in [9.17, 15) is 4.79 Å². The van der Waals surface area contributed by atoms with E-state index in [0.717, 1.165) is 60.1 Å². The lowest BCUT2D eigenvalue weighted by molar-refractivity contribution is 0.101. The molecule has 0 bridgehead atoms. The number of hydrogen-bond donors (Lipinski definition) is 1. The molecular formula is C20H23N5O2. The van der Waals surface area contributed by atoms with Gasteiger partial charge < -0.3 is 14.3 Å². The number of rotatable bonds is 5. The van der Waals surface area contributed by atoms with Crippen molar-refractivity contribution in [2.75, 3.05) is 13.7 Å². The number of aromatic amines is 1. The molecule has 0 saturated carbocycles. The minimum absolute atomic E-state index is 0.101. The van der Waals surface area contributed by atoms with Crippen LogP contribution in [0.3, 0.4) is 0 Å². The highest BCUT2D eigenvalue weighted by Crippen LogP contribution is 2.24. The molecule has 3 aromatic heterocycles. The highest BCUT2D eigenvalue weighted by Gasteiger charge is 2.22. The SMILES string of the molecule is COc1ccc(-c2nc3c([nH]2)CN(Cc2cc(C(C)=O)cn2C)CC3)cn1. The molecule has 0 amide bonds. The van der Waals surface area contributed by atoms with Crippen molar-refractivity contribution in [2.45, 2.75) is 26.4 Å². The van der Waals surface area contributed by atoms with Gasteiger partial charge in [0.2, 0.25) is 5.88 Å². The van der Waals surface area contributed by atoms with Crippen molar-refractivity contribution in [1.82, 2.24) is 24.4 Å². The summed E-state index contributed by atoms with van der Waals surface area (Å²) >= 11 is 0. The molecule has 3 aromatic rings. The standard InChI is InChI=1S/C20H23N5O2/c1-13(26)15-8-16(24(2)10-15)11-25-7-6-17-18(12-25)23-20(22-17)14-4-5-19(27-3)21-9-14/h4-5,8-10H,6-7,11-12H2,1-3H3,(H,22,23). The number of pyridine rings is 1. The number of carbonyl (C=O) groups excluding carboxylic acids is 1. The van der Waals surface area contributed by atoms with E-state index in [1.807, 2.05) is 36.0 Å². The molecule has 0 atom stereocenters. The van der Waals surface area contributed by atoms with Crippen molar-refractivity contribution >= 4 is 5.78 Å². The summed E-state index contributed by atoms with van der Waals surface area (Å²) in [5, 5.41) is 0. The van der Waals surface area contributed by atoms with Crippen molar-refractivity contribution < 1.29 is 9.53 Å². The number of aryl methyl sites for hydroxylation is 1. The molecule has 4 heterocycles. The highest BCUT2D eigenvalue weighted by molar-refractivity contribution is 5.94. The Morgan fingerprint density at radius 2 is 2.22 bits per heavy atom. The van der Waals surface area contributed by atoms with Gasteiger partial charge in [0.05, 0.1) is 18.5 Å². The van der Waals surface area contributed by atoms with Crippen LogP contribution in [0.4, 0.5) is 0 Å². The molecule has 1 N–H and O–H groups in total. The number of aromatic nitrogens is 4. The smallest absolute Gasteiger partial charge is 0.212 e. The summed E-state index contributed by atoms with van der Waals surface area (Å²) in [6, 6.07) is 5.78. The van der Waals surface area contributed by atoms with E-state index in [1.165, 1.54) is 0 Å². The predicted octanol–water partition coefficient (Wildman–Crippen LogP) is 2.58. The first-order chi connectivity index (χ1) is 13.0. The van der Waals surface area contributed by atoms with Gasteiger partial charge in [0.25, 0.3) is 0 Å². The van der Waals surface area contributed by atoms with E-state index < -0.39 is 0 Å². The first kappa shape index (κ1) is 17.5. The fraction of sp³-hybridized carbons (Fsp3) is 0.350.